The first-order valence-electron chi connectivity index (χ1n) is 9.16. The Kier molecular flexibility index (Phi) is 8.15. The highest BCUT2D eigenvalue weighted by Gasteiger charge is 2.05. The van der Waals surface area contributed by atoms with Crippen LogP contribution in [0.25, 0.3) is 10.9 Å². The number of hydrogen-bond donors (Lipinski definition) is 2. The summed E-state index contributed by atoms with van der Waals surface area (Å²) in [6.45, 7) is 9.00. The van der Waals surface area contributed by atoms with Gasteiger partial charge in [-0.25, -0.2) is 9.98 Å². The van der Waals surface area contributed by atoms with Gasteiger partial charge >= 0.3 is 0 Å². The van der Waals surface area contributed by atoms with Crippen molar-refractivity contribution in [3.05, 3.63) is 53.9 Å². The monoisotopic (exact) mass is 481 g/mol. The second-order valence-corrected chi connectivity index (χ2v) is 6.29. The highest BCUT2D eigenvalue weighted by Crippen LogP contribution is 2.15. The van der Waals surface area contributed by atoms with E-state index in [1.54, 1.807) is 0 Å². The Morgan fingerprint density at radius 2 is 2.00 bits per heavy atom. The smallest absolute Gasteiger partial charge is 0.216 e. The van der Waals surface area contributed by atoms with Gasteiger partial charge in [-0.2, -0.15) is 0 Å². The van der Waals surface area contributed by atoms with Crippen LogP contribution in [-0.4, -0.2) is 28.6 Å². The zero-order chi connectivity index (χ0) is 18.4. The molecule has 2 N–H and O–H groups in total. The Balaban J connectivity index is 0.00000261. The van der Waals surface area contributed by atoms with Gasteiger partial charge in [0.05, 0.1) is 5.69 Å². The minimum absolute atomic E-state index is 0. The van der Waals surface area contributed by atoms with Crippen LogP contribution in [0, 0.1) is 13.8 Å². The van der Waals surface area contributed by atoms with Crippen molar-refractivity contribution in [1.29, 1.82) is 0 Å². The molecule has 6 nitrogen and oxygen atoms in total. The Labute approximate surface area is 177 Å². The standard InChI is InChI=1S/C20H27N5O.HI/c1-4-21-20(23-14-19-24-15(2)16(3)26-19)22-11-7-12-25-13-10-17-8-5-6-9-18(17)25;/h5-6,8-10,13H,4,7,11-12,14H2,1-3H3,(H2,21,22,23);1H. The van der Waals surface area contributed by atoms with Crippen molar-refractivity contribution in [2.24, 2.45) is 4.99 Å². The van der Waals surface area contributed by atoms with E-state index in [1.807, 2.05) is 13.8 Å². The van der Waals surface area contributed by atoms with E-state index in [9.17, 15) is 0 Å². The number of benzene rings is 1. The quantitative estimate of drug-likeness (QED) is 0.232. The van der Waals surface area contributed by atoms with Crippen molar-refractivity contribution in [1.82, 2.24) is 20.2 Å². The third-order valence-corrected chi connectivity index (χ3v) is 4.34. The highest BCUT2D eigenvalue weighted by atomic mass is 127. The minimum Gasteiger partial charge on any atom is -0.444 e. The number of nitrogens with one attached hydrogen (secondary N) is 2. The maximum Gasteiger partial charge on any atom is 0.216 e. The maximum atomic E-state index is 5.58. The van der Waals surface area contributed by atoms with Gasteiger partial charge in [0.25, 0.3) is 0 Å². The van der Waals surface area contributed by atoms with Crippen LogP contribution >= 0.6 is 24.0 Å². The molecule has 0 saturated heterocycles. The molecule has 1 aromatic carbocycles. The summed E-state index contributed by atoms with van der Waals surface area (Å²) in [5.74, 6) is 2.29. The molecule has 0 aliphatic carbocycles. The van der Waals surface area contributed by atoms with Crippen molar-refractivity contribution in [2.45, 2.75) is 40.3 Å². The van der Waals surface area contributed by atoms with Gasteiger partial charge in [0.15, 0.2) is 5.96 Å². The summed E-state index contributed by atoms with van der Waals surface area (Å²) in [6, 6.07) is 10.6. The molecule has 7 heteroatoms. The van der Waals surface area contributed by atoms with Crippen molar-refractivity contribution in [3.63, 3.8) is 0 Å². The first-order valence-corrected chi connectivity index (χ1v) is 9.16. The predicted molar refractivity (Wildman–Crippen MR) is 121 cm³/mol. The number of para-hydroxylation sites is 1. The van der Waals surface area contributed by atoms with Crippen LogP contribution in [0.1, 0.15) is 30.7 Å². The normalized spacial score (nSPS) is 11.4. The van der Waals surface area contributed by atoms with Gasteiger partial charge in [0, 0.05) is 31.3 Å². The van der Waals surface area contributed by atoms with Gasteiger partial charge in [-0.05, 0) is 44.7 Å². The van der Waals surface area contributed by atoms with Crippen LogP contribution in [0.3, 0.4) is 0 Å². The Morgan fingerprint density at radius 1 is 1.19 bits per heavy atom. The van der Waals surface area contributed by atoms with Crippen LogP contribution in [0.4, 0.5) is 0 Å². The minimum atomic E-state index is 0. The number of aromatic nitrogens is 2. The van der Waals surface area contributed by atoms with Crippen LogP contribution in [0.15, 0.2) is 45.9 Å². The van der Waals surface area contributed by atoms with E-state index in [0.717, 1.165) is 43.5 Å². The second kappa shape index (κ2) is 10.3. The predicted octanol–water partition coefficient (Wildman–Crippen LogP) is 4.01. The molecule has 2 heterocycles. The van der Waals surface area contributed by atoms with E-state index < -0.39 is 0 Å². The lowest BCUT2D eigenvalue weighted by molar-refractivity contribution is 0.472. The lowest BCUT2D eigenvalue weighted by Crippen LogP contribution is -2.38. The number of nitrogens with zero attached hydrogens (tertiary/aromatic N) is 3. The molecule has 0 aliphatic heterocycles. The molecule has 0 unspecified atom stereocenters. The summed E-state index contributed by atoms with van der Waals surface area (Å²) in [7, 11) is 0. The average Bonchev–Trinajstić information content (AvgIpc) is 3.20. The third kappa shape index (κ3) is 5.72. The lowest BCUT2D eigenvalue weighted by Gasteiger charge is -2.11. The summed E-state index contributed by atoms with van der Waals surface area (Å²) < 4.78 is 7.87. The molecule has 0 atom stereocenters. The number of guanidine groups is 1. The molecule has 3 aromatic rings. The molecule has 0 fully saturated rings. The Morgan fingerprint density at radius 3 is 2.74 bits per heavy atom. The van der Waals surface area contributed by atoms with E-state index >= 15 is 0 Å². The van der Waals surface area contributed by atoms with Gasteiger partial charge in [-0.3, -0.25) is 0 Å². The number of aliphatic imine (C=N–C) groups is 1. The highest BCUT2D eigenvalue weighted by molar-refractivity contribution is 14.0. The van der Waals surface area contributed by atoms with E-state index in [1.165, 1.54) is 10.9 Å². The average molecular weight is 481 g/mol. The second-order valence-electron chi connectivity index (χ2n) is 6.29. The molecule has 2 aromatic heterocycles. The van der Waals surface area contributed by atoms with Gasteiger partial charge in [-0.15, -0.1) is 24.0 Å². The Bertz CT molecular complexity index is 864. The SMILES string of the molecule is CCNC(=NCc1nc(C)c(C)o1)NCCCn1ccc2ccccc21.I. The summed E-state index contributed by atoms with van der Waals surface area (Å²) in [6.07, 6.45) is 3.16. The largest absolute Gasteiger partial charge is 0.444 e. The number of fused-ring (bicyclic) bond motifs is 1. The Hall–Kier alpha value is -2.03. The molecule has 0 bridgehead atoms. The number of rotatable bonds is 7. The van der Waals surface area contributed by atoms with Crippen molar-refractivity contribution < 1.29 is 4.42 Å². The molecule has 0 aliphatic rings. The summed E-state index contributed by atoms with van der Waals surface area (Å²) in [4.78, 5) is 8.92. The van der Waals surface area contributed by atoms with E-state index in [4.69, 9.17) is 4.42 Å². The van der Waals surface area contributed by atoms with Gasteiger partial charge in [-0.1, -0.05) is 18.2 Å². The summed E-state index contributed by atoms with van der Waals surface area (Å²) in [5.41, 5.74) is 2.20. The molecular formula is C20H28IN5O. The van der Waals surface area contributed by atoms with Crippen LogP contribution < -0.4 is 10.6 Å². The number of halogens is 1. The van der Waals surface area contributed by atoms with E-state index in [2.05, 4.69) is 68.6 Å². The molecule has 0 radical (unpaired) electrons. The van der Waals surface area contributed by atoms with Crippen molar-refractivity contribution >= 4 is 40.8 Å². The summed E-state index contributed by atoms with van der Waals surface area (Å²) >= 11 is 0. The fourth-order valence-corrected chi connectivity index (χ4v) is 2.89. The topological polar surface area (TPSA) is 67.4 Å². The zero-order valence-electron chi connectivity index (χ0n) is 16.2. The van der Waals surface area contributed by atoms with Gasteiger partial charge < -0.3 is 19.6 Å². The maximum absolute atomic E-state index is 5.58. The first-order chi connectivity index (χ1) is 12.7. The first kappa shape index (κ1) is 21.3. The van der Waals surface area contributed by atoms with Crippen LogP contribution in [-0.2, 0) is 13.1 Å². The molecule has 3 rings (SSSR count). The van der Waals surface area contributed by atoms with Gasteiger partial charge in [0.2, 0.25) is 5.89 Å². The van der Waals surface area contributed by atoms with E-state index in [-0.39, 0.29) is 24.0 Å². The molecule has 0 amide bonds. The van der Waals surface area contributed by atoms with Crippen LogP contribution in [0.2, 0.25) is 0 Å². The van der Waals surface area contributed by atoms with Crippen molar-refractivity contribution in [3.8, 4) is 0 Å². The molecule has 0 spiro atoms. The number of aryl methyl sites for hydroxylation is 3. The lowest BCUT2D eigenvalue weighted by atomic mass is 10.2. The number of hydrogen-bond acceptors (Lipinski definition) is 3. The van der Waals surface area contributed by atoms with Gasteiger partial charge in [0.1, 0.15) is 12.3 Å². The molecule has 146 valence electrons. The van der Waals surface area contributed by atoms with Crippen LogP contribution in [0.5, 0.6) is 0 Å². The fraction of sp³-hybridized carbons (Fsp3) is 0.400. The van der Waals surface area contributed by atoms with Crippen molar-refractivity contribution in [2.75, 3.05) is 13.1 Å². The molecular weight excluding hydrogens is 453 g/mol. The molecule has 27 heavy (non-hydrogen) atoms. The zero-order valence-corrected chi connectivity index (χ0v) is 18.5. The number of oxazole rings is 1. The van der Waals surface area contributed by atoms with E-state index in [0.29, 0.717) is 12.4 Å². The molecule has 0 saturated carbocycles. The summed E-state index contributed by atoms with van der Waals surface area (Å²) in [5, 5.41) is 7.92. The fourth-order valence-electron chi connectivity index (χ4n) is 2.89. The third-order valence-electron chi connectivity index (χ3n) is 4.34.